The van der Waals surface area contributed by atoms with Crippen LogP contribution in [0, 0.1) is 0 Å². The zero-order chi connectivity index (χ0) is 21.9. The van der Waals surface area contributed by atoms with Crippen LogP contribution in [0.15, 0.2) is 41.0 Å². The second kappa shape index (κ2) is 8.71. The number of hydrogen-bond acceptors (Lipinski definition) is 10. The third-order valence-electron chi connectivity index (χ3n) is 5.25. The molecular weight excluding hydrogens is 414 g/mol. The number of piperazine rings is 1. The van der Waals surface area contributed by atoms with E-state index in [1.54, 1.807) is 17.0 Å². The molecule has 2 aliphatic heterocycles. The fraction of sp³-hybridized carbons (Fsp3) is 0.333. The Morgan fingerprint density at radius 2 is 1.84 bits per heavy atom. The average molecular weight is 437 g/mol. The molecule has 2 aliphatic rings. The number of nitrogens with one attached hydrogen (secondary N) is 1. The van der Waals surface area contributed by atoms with Crippen LogP contribution in [0.2, 0.25) is 0 Å². The number of hydrogen-bond donors (Lipinski definition) is 2. The van der Waals surface area contributed by atoms with Gasteiger partial charge in [0.25, 0.3) is 5.91 Å². The summed E-state index contributed by atoms with van der Waals surface area (Å²) in [4.78, 5) is 29.3. The quantitative estimate of drug-likeness (QED) is 0.605. The lowest BCUT2D eigenvalue weighted by Crippen LogP contribution is -2.48. The molecule has 1 saturated heterocycles. The number of amides is 1. The molecule has 3 aromatic rings. The minimum atomic E-state index is -0.0926. The van der Waals surface area contributed by atoms with Crippen LogP contribution in [-0.4, -0.2) is 70.1 Å². The summed E-state index contributed by atoms with van der Waals surface area (Å²) in [6, 6.07) is 8.93. The molecule has 166 valence electrons. The van der Waals surface area contributed by atoms with Crippen LogP contribution in [0.3, 0.4) is 0 Å². The van der Waals surface area contributed by atoms with Gasteiger partial charge in [0.2, 0.25) is 11.9 Å². The molecule has 4 heterocycles. The normalized spacial score (nSPS) is 16.1. The highest BCUT2D eigenvalue weighted by Gasteiger charge is 2.24. The Morgan fingerprint density at radius 3 is 2.62 bits per heavy atom. The van der Waals surface area contributed by atoms with Gasteiger partial charge in [-0.25, -0.2) is 0 Å². The molecule has 32 heavy (non-hydrogen) atoms. The lowest BCUT2D eigenvalue weighted by atomic mass is 10.2. The van der Waals surface area contributed by atoms with E-state index in [-0.39, 0.29) is 11.9 Å². The number of benzene rings is 1. The highest BCUT2D eigenvalue weighted by atomic mass is 16.6. The van der Waals surface area contributed by atoms with Crippen LogP contribution in [0.1, 0.15) is 16.4 Å². The van der Waals surface area contributed by atoms with Crippen molar-refractivity contribution in [3.05, 3.63) is 48.2 Å². The number of rotatable bonds is 5. The molecule has 11 nitrogen and oxygen atoms in total. The van der Waals surface area contributed by atoms with Crippen LogP contribution in [-0.2, 0) is 6.54 Å². The molecule has 0 spiro atoms. The maximum atomic E-state index is 12.4. The van der Waals surface area contributed by atoms with Gasteiger partial charge in [-0.1, -0.05) is 0 Å². The van der Waals surface area contributed by atoms with Crippen LogP contribution >= 0.6 is 0 Å². The Bertz CT molecular complexity index is 1100. The molecular formula is C21H23N7O4. The first kappa shape index (κ1) is 20.1. The molecule has 0 aliphatic carbocycles. The number of nitrogens with two attached hydrogens (primary N) is 1. The zero-order valence-corrected chi connectivity index (χ0v) is 17.4. The molecule has 0 saturated carbocycles. The Labute approximate surface area is 184 Å². The topological polar surface area (TPSA) is 132 Å². The van der Waals surface area contributed by atoms with Crippen LogP contribution < -0.4 is 20.5 Å². The molecule has 0 radical (unpaired) electrons. The Hall–Kier alpha value is -3.86. The van der Waals surface area contributed by atoms with E-state index in [2.05, 4.69) is 25.2 Å². The Morgan fingerprint density at radius 1 is 1.03 bits per heavy atom. The third-order valence-corrected chi connectivity index (χ3v) is 5.25. The summed E-state index contributed by atoms with van der Waals surface area (Å²) < 4.78 is 16.4. The predicted octanol–water partition coefficient (Wildman–Crippen LogP) is 1.52. The highest BCUT2D eigenvalue weighted by Crippen LogP contribution is 2.33. The van der Waals surface area contributed by atoms with Gasteiger partial charge in [-0.3, -0.25) is 9.69 Å². The summed E-state index contributed by atoms with van der Waals surface area (Å²) >= 11 is 0. The monoisotopic (exact) mass is 437 g/mol. The SMILES string of the molecule is Nc1nc(CN2CCN(C(=O)c3ccco3)CC2)nc(Nc2ccc3c(c2)OCCO3)n1. The smallest absolute Gasteiger partial charge is 0.289 e. The van der Waals surface area contributed by atoms with Gasteiger partial charge in [0.05, 0.1) is 12.8 Å². The van der Waals surface area contributed by atoms with E-state index >= 15 is 0 Å². The van der Waals surface area contributed by atoms with Crippen LogP contribution in [0.5, 0.6) is 11.5 Å². The van der Waals surface area contributed by atoms with E-state index in [1.165, 1.54) is 6.26 Å². The number of nitrogen functional groups attached to an aromatic ring is 1. The highest BCUT2D eigenvalue weighted by molar-refractivity contribution is 5.91. The first-order valence-corrected chi connectivity index (χ1v) is 10.4. The summed E-state index contributed by atoms with van der Waals surface area (Å²) in [6.07, 6.45) is 1.51. The van der Waals surface area contributed by atoms with E-state index in [1.807, 2.05) is 18.2 Å². The average Bonchev–Trinajstić information content (AvgIpc) is 3.34. The van der Waals surface area contributed by atoms with Gasteiger partial charge in [0.1, 0.15) is 19.0 Å². The number of carbonyl (C=O) groups is 1. The lowest BCUT2D eigenvalue weighted by molar-refractivity contribution is 0.0595. The number of carbonyl (C=O) groups excluding carboxylic acids is 1. The number of furan rings is 1. The van der Waals surface area contributed by atoms with E-state index in [0.29, 0.717) is 75.0 Å². The summed E-state index contributed by atoms with van der Waals surface area (Å²) in [5, 5.41) is 3.15. The van der Waals surface area contributed by atoms with Gasteiger partial charge in [-0.15, -0.1) is 0 Å². The fourth-order valence-corrected chi connectivity index (χ4v) is 3.68. The number of fused-ring (bicyclic) bond motifs is 1. The van der Waals surface area contributed by atoms with Crippen LogP contribution in [0.4, 0.5) is 17.6 Å². The van der Waals surface area contributed by atoms with E-state index < -0.39 is 0 Å². The van der Waals surface area contributed by atoms with Crippen molar-refractivity contribution in [3.8, 4) is 11.5 Å². The largest absolute Gasteiger partial charge is 0.486 e. The molecule has 5 rings (SSSR count). The molecule has 0 bridgehead atoms. The first-order valence-electron chi connectivity index (χ1n) is 10.4. The molecule has 1 amide bonds. The van der Waals surface area contributed by atoms with Crippen molar-refractivity contribution in [2.45, 2.75) is 6.54 Å². The Kier molecular flexibility index (Phi) is 5.46. The third kappa shape index (κ3) is 4.42. The predicted molar refractivity (Wildman–Crippen MR) is 115 cm³/mol. The van der Waals surface area contributed by atoms with Crippen molar-refractivity contribution in [1.82, 2.24) is 24.8 Å². The molecule has 0 atom stereocenters. The molecule has 1 aromatic carbocycles. The minimum Gasteiger partial charge on any atom is -0.486 e. The number of ether oxygens (including phenoxy) is 2. The second-order valence-electron chi connectivity index (χ2n) is 7.46. The van der Waals surface area contributed by atoms with Crippen molar-refractivity contribution in [2.75, 3.05) is 50.4 Å². The van der Waals surface area contributed by atoms with Crippen molar-refractivity contribution in [1.29, 1.82) is 0 Å². The van der Waals surface area contributed by atoms with E-state index in [4.69, 9.17) is 19.6 Å². The van der Waals surface area contributed by atoms with Gasteiger partial charge in [0.15, 0.2) is 17.3 Å². The number of aromatic nitrogens is 3. The summed E-state index contributed by atoms with van der Waals surface area (Å²) in [7, 11) is 0. The zero-order valence-electron chi connectivity index (χ0n) is 17.4. The van der Waals surface area contributed by atoms with Gasteiger partial charge in [-0.2, -0.15) is 15.0 Å². The minimum absolute atomic E-state index is 0.0926. The van der Waals surface area contributed by atoms with Crippen molar-refractivity contribution < 1.29 is 18.7 Å². The lowest BCUT2D eigenvalue weighted by Gasteiger charge is -2.33. The maximum absolute atomic E-state index is 12.4. The summed E-state index contributed by atoms with van der Waals surface area (Å²) in [6.45, 7) is 4.15. The van der Waals surface area contributed by atoms with E-state index in [0.717, 1.165) is 5.69 Å². The van der Waals surface area contributed by atoms with Gasteiger partial charge >= 0.3 is 0 Å². The number of anilines is 3. The summed E-state index contributed by atoms with van der Waals surface area (Å²) in [5.41, 5.74) is 6.68. The summed E-state index contributed by atoms with van der Waals surface area (Å²) in [5.74, 6) is 2.71. The molecule has 11 heteroatoms. The standard InChI is InChI=1S/C21H23N7O4/c22-20-24-18(13-27-5-7-28(8-6-27)19(29)16-2-1-9-30-16)25-21(26-20)23-14-3-4-15-17(12-14)32-11-10-31-15/h1-4,9,12H,5-8,10-11,13H2,(H3,22,23,24,25,26). The van der Waals surface area contributed by atoms with Gasteiger partial charge in [0, 0.05) is 37.9 Å². The van der Waals surface area contributed by atoms with Crippen molar-refractivity contribution in [3.63, 3.8) is 0 Å². The second-order valence-corrected chi connectivity index (χ2v) is 7.46. The van der Waals surface area contributed by atoms with E-state index in [9.17, 15) is 4.79 Å². The van der Waals surface area contributed by atoms with Crippen molar-refractivity contribution >= 4 is 23.5 Å². The van der Waals surface area contributed by atoms with Gasteiger partial charge < -0.3 is 29.8 Å². The van der Waals surface area contributed by atoms with Gasteiger partial charge in [-0.05, 0) is 24.3 Å². The Balaban J connectivity index is 1.21. The fourth-order valence-electron chi connectivity index (χ4n) is 3.68. The van der Waals surface area contributed by atoms with Crippen LogP contribution in [0.25, 0.3) is 0 Å². The number of nitrogens with zero attached hydrogens (tertiary/aromatic N) is 5. The molecule has 3 N–H and O–H groups in total. The molecule has 1 fully saturated rings. The molecule has 0 unspecified atom stereocenters. The first-order chi connectivity index (χ1) is 15.6. The maximum Gasteiger partial charge on any atom is 0.289 e. The molecule has 2 aromatic heterocycles. The van der Waals surface area contributed by atoms with Crippen molar-refractivity contribution in [2.24, 2.45) is 0 Å².